The fourth-order valence-electron chi connectivity index (χ4n) is 1.63. The number of hydrogen-bond donors (Lipinski definition) is 0. The third-order valence-corrected chi connectivity index (χ3v) is 2.49. The fraction of sp³-hybridized carbons (Fsp3) is 0.667. The van der Waals surface area contributed by atoms with Crippen LogP contribution in [-0.4, -0.2) is 15.6 Å². The molecular formula is C12H20N2O. The zero-order chi connectivity index (χ0) is 11.3. The first-order valence-corrected chi connectivity index (χ1v) is 5.78. The predicted octanol–water partition coefficient (Wildman–Crippen LogP) is 2.38. The molecule has 0 fully saturated rings. The Hall–Kier alpha value is -1.12. The van der Waals surface area contributed by atoms with Crippen molar-refractivity contribution in [2.24, 2.45) is 0 Å². The number of aromatic nitrogens is 2. The van der Waals surface area contributed by atoms with Crippen LogP contribution in [0.2, 0.25) is 0 Å². The van der Waals surface area contributed by atoms with Gasteiger partial charge in [-0.15, -0.1) is 0 Å². The molecule has 0 aromatic carbocycles. The van der Waals surface area contributed by atoms with Crippen molar-refractivity contribution in [3.8, 4) is 0 Å². The Morgan fingerprint density at radius 2 is 2.07 bits per heavy atom. The second-order valence-electron chi connectivity index (χ2n) is 3.78. The molecule has 0 amide bonds. The Bertz CT molecular complexity index is 328. The fourth-order valence-corrected chi connectivity index (χ4v) is 1.63. The lowest BCUT2D eigenvalue weighted by Gasteiger charge is -2.03. The summed E-state index contributed by atoms with van der Waals surface area (Å²) >= 11 is 0. The molecule has 0 radical (unpaired) electrons. The zero-order valence-corrected chi connectivity index (χ0v) is 9.92. The van der Waals surface area contributed by atoms with Gasteiger partial charge < -0.3 is 0 Å². The van der Waals surface area contributed by atoms with Crippen LogP contribution in [0.25, 0.3) is 0 Å². The lowest BCUT2D eigenvalue weighted by Crippen LogP contribution is -2.13. The van der Waals surface area contributed by atoms with Crippen LogP contribution in [0.4, 0.5) is 0 Å². The molecule has 1 aromatic heterocycles. The smallest absolute Gasteiger partial charge is 0.154 e. The van der Waals surface area contributed by atoms with Gasteiger partial charge in [0.2, 0.25) is 0 Å². The summed E-state index contributed by atoms with van der Waals surface area (Å²) in [4.78, 5) is 11.5. The van der Waals surface area contributed by atoms with E-state index in [4.69, 9.17) is 0 Å². The van der Waals surface area contributed by atoms with Crippen molar-refractivity contribution in [2.75, 3.05) is 0 Å². The van der Waals surface area contributed by atoms with Gasteiger partial charge in [0, 0.05) is 12.1 Å². The molecule has 0 aliphatic rings. The van der Waals surface area contributed by atoms with Gasteiger partial charge in [0.15, 0.2) is 5.78 Å². The molecule has 0 saturated carbocycles. The summed E-state index contributed by atoms with van der Waals surface area (Å²) in [7, 11) is 0. The molecule has 0 atom stereocenters. The molecular weight excluding hydrogens is 188 g/mol. The van der Waals surface area contributed by atoms with E-state index in [1.807, 2.05) is 11.6 Å². The highest BCUT2D eigenvalue weighted by atomic mass is 16.1. The van der Waals surface area contributed by atoms with Gasteiger partial charge in [0.25, 0.3) is 0 Å². The standard InChI is InChI=1S/C12H20N2O/c1-4-7-12(15)9-14-11(6-3)8-10(5-2)13-14/h8H,4-7,9H2,1-3H3. The molecule has 1 aromatic rings. The minimum absolute atomic E-state index is 0.276. The van der Waals surface area contributed by atoms with Crippen molar-refractivity contribution in [3.63, 3.8) is 0 Å². The number of carbonyl (C=O) groups is 1. The molecule has 0 spiro atoms. The van der Waals surface area contributed by atoms with Crippen molar-refractivity contribution in [1.82, 2.24) is 9.78 Å². The molecule has 0 N–H and O–H groups in total. The second-order valence-corrected chi connectivity index (χ2v) is 3.78. The highest BCUT2D eigenvalue weighted by Gasteiger charge is 2.08. The highest BCUT2D eigenvalue weighted by molar-refractivity contribution is 5.78. The number of aryl methyl sites for hydroxylation is 2. The topological polar surface area (TPSA) is 34.9 Å². The summed E-state index contributed by atoms with van der Waals surface area (Å²) in [5, 5.41) is 4.42. The maximum Gasteiger partial charge on any atom is 0.154 e. The molecule has 1 heterocycles. The molecule has 3 nitrogen and oxygen atoms in total. The molecule has 0 aliphatic heterocycles. The van der Waals surface area contributed by atoms with E-state index in [2.05, 4.69) is 25.0 Å². The number of hydrogen-bond acceptors (Lipinski definition) is 2. The van der Waals surface area contributed by atoms with Crippen LogP contribution in [0, 0.1) is 0 Å². The van der Waals surface area contributed by atoms with Crippen LogP contribution in [0.15, 0.2) is 6.07 Å². The summed E-state index contributed by atoms with van der Waals surface area (Å²) in [6.07, 6.45) is 3.45. The Morgan fingerprint density at radius 3 is 2.60 bits per heavy atom. The van der Waals surface area contributed by atoms with Gasteiger partial charge in [0.05, 0.1) is 12.2 Å². The Morgan fingerprint density at radius 1 is 1.33 bits per heavy atom. The average molecular weight is 208 g/mol. The van der Waals surface area contributed by atoms with Crippen LogP contribution in [0.3, 0.4) is 0 Å². The number of nitrogens with zero attached hydrogens (tertiary/aromatic N) is 2. The van der Waals surface area contributed by atoms with Crippen molar-refractivity contribution >= 4 is 5.78 Å². The van der Waals surface area contributed by atoms with E-state index in [-0.39, 0.29) is 5.78 Å². The van der Waals surface area contributed by atoms with Crippen molar-refractivity contribution in [3.05, 3.63) is 17.5 Å². The highest BCUT2D eigenvalue weighted by Crippen LogP contribution is 2.07. The molecule has 0 saturated heterocycles. The molecule has 0 aliphatic carbocycles. The van der Waals surface area contributed by atoms with Crippen molar-refractivity contribution in [1.29, 1.82) is 0 Å². The van der Waals surface area contributed by atoms with Crippen molar-refractivity contribution in [2.45, 2.75) is 53.0 Å². The largest absolute Gasteiger partial charge is 0.298 e. The van der Waals surface area contributed by atoms with Crippen LogP contribution >= 0.6 is 0 Å². The van der Waals surface area contributed by atoms with Gasteiger partial charge in [-0.1, -0.05) is 20.8 Å². The lowest BCUT2D eigenvalue weighted by atomic mass is 10.2. The average Bonchev–Trinajstić information content (AvgIpc) is 2.60. The molecule has 15 heavy (non-hydrogen) atoms. The summed E-state index contributed by atoms with van der Waals surface area (Å²) in [6.45, 7) is 6.65. The van der Waals surface area contributed by atoms with E-state index in [9.17, 15) is 4.79 Å². The van der Waals surface area contributed by atoms with Crippen LogP contribution in [0.1, 0.15) is 45.0 Å². The van der Waals surface area contributed by atoms with Crippen LogP contribution < -0.4 is 0 Å². The van der Waals surface area contributed by atoms with E-state index < -0.39 is 0 Å². The maximum atomic E-state index is 11.5. The first-order chi connectivity index (χ1) is 7.21. The normalized spacial score (nSPS) is 10.6. The maximum absolute atomic E-state index is 11.5. The first-order valence-electron chi connectivity index (χ1n) is 5.78. The number of carbonyl (C=O) groups excluding carboxylic acids is 1. The van der Waals surface area contributed by atoms with Crippen LogP contribution in [0.5, 0.6) is 0 Å². The summed E-state index contributed by atoms with van der Waals surface area (Å²) in [6, 6.07) is 2.10. The second kappa shape index (κ2) is 5.69. The summed E-state index contributed by atoms with van der Waals surface area (Å²) in [5.74, 6) is 0.276. The van der Waals surface area contributed by atoms with E-state index >= 15 is 0 Å². The van der Waals surface area contributed by atoms with E-state index in [1.54, 1.807) is 0 Å². The van der Waals surface area contributed by atoms with Gasteiger partial charge in [-0.2, -0.15) is 5.10 Å². The predicted molar refractivity (Wildman–Crippen MR) is 60.9 cm³/mol. The number of Topliss-reactive ketones (excluding diaryl/α,β-unsaturated/α-hetero) is 1. The summed E-state index contributed by atoms with van der Waals surface area (Å²) in [5.41, 5.74) is 2.24. The quantitative estimate of drug-likeness (QED) is 0.719. The number of ketones is 1. The Labute approximate surface area is 91.5 Å². The molecule has 0 unspecified atom stereocenters. The minimum atomic E-state index is 0.276. The van der Waals surface area contributed by atoms with E-state index in [1.165, 1.54) is 0 Å². The Kier molecular flexibility index (Phi) is 4.53. The zero-order valence-electron chi connectivity index (χ0n) is 9.92. The van der Waals surface area contributed by atoms with Crippen LogP contribution in [-0.2, 0) is 24.2 Å². The van der Waals surface area contributed by atoms with E-state index in [0.717, 1.165) is 30.7 Å². The van der Waals surface area contributed by atoms with Gasteiger partial charge in [-0.3, -0.25) is 9.48 Å². The number of rotatable bonds is 6. The molecule has 84 valence electrons. The van der Waals surface area contributed by atoms with Crippen molar-refractivity contribution < 1.29 is 4.79 Å². The first kappa shape index (κ1) is 12.0. The SMILES string of the molecule is CCCC(=O)Cn1nc(CC)cc1CC. The van der Waals surface area contributed by atoms with E-state index in [0.29, 0.717) is 13.0 Å². The van der Waals surface area contributed by atoms with Gasteiger partial charge >= 0.3 is 0 Å². The summed E-state index contributed by atoms with van der Waals surface area (Å²) < 4.78 is 1.86. The molecule has 1 rings (SSSR count). The van der Waals surface area contributed by atoms with Gasteiger partial charge in [-0.25, -0.2) is 0 Å². The van der Waals surface area contributed by atoms with Gasteiger partial charge in [0.1, 0.15) is 0 Å². The molecule has 0 bridgehead atoms. The lowest BCUT2D eigenvalue weighted by molar-refractivity contribution is -0.119. The minimum Gasteiger partial charge on any atom is -0.298 e. The van der Waals surface area contributed by atoms with Gasteiger partial charge in [-0.05, 0) is 25.3 Å². The monoisotopic (exact) mass is 208 g/mol. The molecule has 3 heteroatoms. The third kappa shape index (κ3) is 3.18. The Balaban J connectivity index is 2.74. The third-order valence-electron chi connectivity index (χ3n) is 2.49.